The Morgan fingerprint density at radius 2 is 1.82 bits per heavy atom. The van der Waals surface area contributed by atoms with E-state index in [0.717, 1.165) is 22.8 Å². The number of ether oxygens (including phenoxy) is 2. The van der Waals surface area contributed by atoms with Gasteiger partial charge in [-0.1, -0.05) is 0 Å². The van der Waals surface area contributed by atoms with Crippen molar-refractivity contribution in [1.82, 2.24) is 4.98 Å². The summed E-state index contributed by atoms with van der Waals surface area (Å²) in [5.74, 6) is 1.66. The average molecular weight is 229 g/mol. The molecule has 0 saturated carbocycles. The molecule has 2 aromatic rings. The van der Waals surface area contributed by atoms with Crippen molar-refractivity contribution in [3.05, 3.63) is 36.5 Å². The van der Waals surface area contributed by atoms with E-state index in [4.69, 9.17) is 9.47 Å². The first kappa shape index (κ1) is 9.96. The van der Waals surface area contributed by atoms with E-state index in [2.05, 4.69) is 4.98 Å². The van der Waals surface area contributed by atoms with E-state index >= 15 is 0 Å². The maximum atomic E-state index is 9.19. The highest BCUT2D eigenvalue weighted by molar-refractivity contribution is 5.64. The van der Waals surface area contributed by atoms with E-state index in [0.29, 0.717) is 13.2 Å². The van der Waals surface area contributed by atoms with Gasteiger partial charge in [-0.05, 0) is 30.3 Å². The fourth-order valence-electron chi connectivity index (χ4n) is 1.76. The predicted molar refractivity (Wildman–Crippen MR) is 62.3 cm³/mol. The van der Waals surface area contributed by atoms with Crippen LogP contribution in [0.1, 0.15) is 0 Å². The van der Waals surface area contributed by atoms with E-state index in [1.54, 1.807) is 12.1 Å². The third kappa shape index (κ3) is 1.89. The number of nitrogens with zero attached hydrogens (tertiary/aromatic N) is 1. The van der Waals surface area contributed by atoms with E-state index < -0.39 is 0 Å². The predicted octanol–water partition coefficient (Wildman–Crippen LogP) is 2.23. The Kier molecular flexibility index (Phi) is 2.33. The first-order valence-electron chi connectivity index (χ1n) is 5.38. The zero-order valence-electron chi connectivity index (χ0n) is 9.09. The second-order valence-corrected chi connectivity index (χ2v) is 3.76. The molecule has 1 aromatic carbocycles. The molecule has 1 aliphatic rings. The number of fused-ring (bicyclic) bond motifs is 1. The van der Waals surface area contributed by atoms with Crippen molar-refractivity contribution in [3.63, 3.8) is 0 Å². The fourth-order valence-corrected chi connectivity index (χ4v) is 1.76. The van der Waals surface area contributed by atoms with Crippen LogP contribution < -0.4 is 9.47 Å². The highest BCUT2D eigenvalue weighted by atomic mass is 16.6. The highest BCUT2D eigenvalue weighted by Crippen LogP contribution is 2.34. The standard InChI is InChI=1S/C13H11NO3/c15-10-2-3-11(14-8-10)9-1-4-12-13(7-9)17-6-5-16-12/h1-4,7-8,15H,5-6H2. The van der Waals surface area contributed by atoms with Gasteiger partial charge in [0.1, 0.15) is 19.0 Å². The topological polar surface area (TPSA) is 51.6 Å². The summed E-state index contributed by atoms with van der Waals surface area (Å²) in [6.45, 7) is 1.16. The Labute approximate surface area is 98.5 Å². The van der Waals surface area contributed by atoms with Crippen LogP contribution in [0, 0.1) is 0 Å². The Bertz CT molecular complexity index is 537. The van der Waals surface area contributed by atoms with E-state index in [1.165, 1.54) is 6.20 Å². The molecule has 2 heterocycles. The molecule has 4 nitrogen and oxygen atoms in total. The first-order valence-corrected chi connectivity index (χ1v) is 5.38. The van der Waals surface area contributed by atoms with Gasteiger partial charge in [0.25, 0.3) is 0 Å². The molecule has 0 aliphatic carbocycles. The molecular formula is C13H11NO3. The summed E-state index contributed by atoms with van der Waals surface area (Å²) in [5, 5.41) is 9.19. The SMILES string of the molecule is Oc1ccc(-c2ccc3c(c2)OCCO3)nc1. The normalized spacial score (nSPS) is 13.4. The summed E-state index contributed by atoms with van der Waals surface area (Å²) in [7, 11) is 0. The van der Waals surface area contributed by atoms with Crippen molar-refractivity contribution < 1.29 is 14.6 Å². The maximum absolute atomic E-state index is 9.19. The lowest BCUT2D eigenvalue weighted by atomic mass is 10.1. The summed E-state index contributed by atoms with van der Waals surface area (Å²) in [6.07, 6.45) is 1.42. The van der Waals surface area contributed by atoms with Crippen molar-refractivity contribution in [2.24, 2.45) is 0 Å². The zero-order chi connectivity index (χ0) is 11.7. The number of hydrogen-bond donors (Lipinski definition) is 1. The molecule has 1 N–H and O–H groups in total. The van der Waals surface area contributed by atoms with Gasteiger partial charge in [-0.25, -0.2) is 0 Å². The lowest BCUT2D eigenvalue weighted by Crippen LogP contribution is -2.15. The minimum atomic E-state index is 0.159. The summed E-state index contributed by atoms with van der Waals surface area (Å²) < 4.78 is 11.0. The van der Waals surface area contributed by atoms with Crippen molar-refractivity contribution in [2.75, 3.05) is 13.2 Å². The Morgan fingerprint density at radius 3 is 2.59 bits per heavy atom. The van der Waals surface area contributed by atoms with Crippen molar-refractivity contribution >= 4 is 0 Å². The van der Waals surface area contributed by atoms with Crippen LogP contribution in [-0.2, 0) is 0 Å². The van der Waals surface area contributed by atoms with Gasteiger partial charge in [0.2, 0.25) is 0 Å². The molecule has 3 rings (SSSR count). The molecule has 1 aromatic heterocycles. The van der Waals surface area contributed by atoms with Gasteiger partial charge < -0.3 is 14.6 Å². The van der Waals surface area contributed by atoms with Crippen molar-refractivity contribution in [3.8, 4) is 28.5 Å². The molecule has 0 spiro atoms. The number of benzene rings is 1. The molecule has 17 heavy (non-hydrogen) atoms. The molecule has 0 fully saturated rings. The van der Waals surface area contributed by atoms with E-state index in [1.807, 2.05) is 18.2 Å². The average Bonchev–Trinajstić information content (AvgIpc) is 2.39. The van der Waals surface area contributed by atoms with Gasteiger partial charge >= 0.3 is 0 Å². The molecule has 86 valence electrons. The fraction of sp³-hybridized carbons (Fsp3) is 0.154. The molecular weight excluding hydrogens is 218 g/mol. The monoisotopic (exact) mass is 229 g/mol. The summed E-state index contributed by atoms with van der Waals surface area (Å²) in [5.41, 5.74) is 1.73. The van der Waals surface area contributed by atoms with Crippen LogP contribution in [0.2, 0.25) is 0 Å². The Hall–Kier alpha value is -2.23. The van der Waals surface area contributed by atoms with Crippen LogP contribution in [0.15, 0.2) is 36.5 Å². The molecule has 0 radical (unpaired) electrons. The third-order valence-corrected chi connectivity index (χ3v) is 2.59. The van der Waals surface area contributed by atoms with Gasteiger partial charge in [-0.3, -0.25) is 4.98 Å². The van der Waals surface area contributed by atoms with Crippen LogP contribution >= 0.6 is 0 Å². The molecule has 0 atom stereocenters. The number of rotatable bonds is 1. The first-order chi connectivity index (χ1) is 8.33. The Balaban J connectivity index is 2.01. The number of pyridine rings is 1. The second-order valence-electron chi connectivity index (χ2n) is 3.76. The maximum Gasteiger partial charge on any atom is 0.162 e. The van der Waals surface area contributed by atoms with Gasteiger partial charge in [0.05, 0.1) is 11.9 Å². The van der Waals surface area contributed by atoms with Gasteiger partial charge in [0, 0.05) is 5.56 Å². The highest BCUT2D eigenvalue weighted by Gasteiger charge is 2.12. The van der Waals surface area contributed by atoms with Gasteiger partial charge in [0.15, 0.2) is 11.5 Å². The zero-order valence-corrected chi connectivity index (χ0v) is 9.09. The number of hydrogen-bond acceptors (Lipinski definition) is 4. The van der Waals surface area contributed by atoms with Crippen LogP contribution in [0.4, 0.5) is 0 Å². The van der Waals surface area contributed by atoms with Gasteiger partial charge in [-0.2, -0.15) is 0 Å². The Morgan fingerprint density at radius 1 is 1.00 bits per heavy atom. The molecule has 0 bridgehead atoms. The largest absolute Gasteiger partial charge is 0.506 e. The van der Waals surface area contributed by atoms with Crippen LogP contribution in [0.5, 0.6) is 17.2 Å². The summed E-state index contributed by atoms with van der Waals surface area (Å²) >= 11 is 0. The molecule has 4 heteroatoms. The van der Waals surface area contributed by atoms with E-state index in [9.17, 15) is 5.11 Å². The van der Waals surface area contributed by atoms with Crippen LogP contribution in [0.3, 0.4) is 0 Å². The quantitative estimate of drug-likeness (QED) is 0.814. The smallest absolute Gasteiger partial charge is 0.162 e. The molecule has 1 aliphatic heterocycles. The second kappa shape index (κ2) is 3.97. The number of aromatic hydroxyl groups is 1. The molecule has 0 amide bonds. The van der Waals surface area contributed by atoms with Crippen LogP contribution in [0.25, 0.3) is 11.3 Å². The summed E-state index contributed by atoms with van der Waals surface area (Å²) in [6, 6.07) is 9.07. The van der Waals surface area contributed by atoms with Crippen molar-refractivity contribution in [2.45, 2.75) is 0 Å². The summed E-state index contributed by atoms with van der Waals surface area (Å²) in [4.78, 5) is 4.15. The van der Waals surface area contributed by atoms with Crippen molar-refractivity contribution in [1.29, 1.82) is 0 Å². The lowest BCUT2D eigenvalue weighted by Gasteiger charge is -2.18. The van der Waals surface area contributed by atoms with Crippen LogP contribution in [-0.4, -0.2) is 23.3 Å². The van der Waals surface area contributed by atoms with Gasteiger partial charge in [-0.15, -0.1) is 0 Å². The minimum absolute atomic E-state index is 0.159. The molecule has 0 saturated heterocycles. The third-order valence-electron chi connectivity index (χ3n) is 2.59. The lowest BCUT2D eigenvalue weighted by molar-refractivity contribution is 0.171. The number of aromatic nitrogens is 1. The van der Waals surface area contributed by atoms with E-state index in [-0.39, 0.29) is 5.75 Å². The minimum Gasteiger partial charge on any atom is -0.506 e. The molecule has 0 unspecified atom stereocenters.